The zero-order chi connectivity index (χ0) is 60.5. The third kappa shape index (κ3) is 20.8. The van der Waals surface area contributed by atoms with Gasteiger partial charge in [0.25, 0.3) is 35.4 Å². The first-order valence-electron chi connectivity index (χ1n) is 26.9. The van der Waals surface area contributed by atoms with Crippen molar-refractivity contribution in [3.8, 4) is 0 Å². The van der Waals surface area contributed by atoms with Crippen molar-refractivity contribution in [3.63, 3.8) is 0 Å². The van der Waals surface area contributed by atoms with Crippen LogP contribution in [0.15, 0.2) is 0 Å². The zero-order valence-electron chi connectivity index (χ0n) is 49.5. The molecule has 12 atom stereocenters. The Balaban J connectivity index is 3.87. The lowest BCUT2D eigenvalue weighted by molar-refractivity contribution is -0.167. The molecule has 1 rings (SSSR count). The van der Waals surface area contributed by atoms with E-state index in [1.54, 1.807) is 125 Å². The fourth-order valence-corrected chi connectivity index (χ4v) is 7.48. The first-order valence-corrected chi connectivity index (χ1v) is 26.9. The summed E-state index contributed by atoms with van der Waals surface area (Å²) in [6.45, 7) is 32.1. The maximum Gasteiger partial charge on any atom is 0.329 e. The fraction of sp³-hybridized carbons (Fsp3) is 0.778. The number of nitrogens with one attached hydrogen (secondary N) is 6. The number of amides is 6. The highest BCUT2D eigenvalue weighted by Crippen LogP contribution is 2.19. The Hall–Kier alpha value is -6.36. The lowest BCUT2D eigenvalue weighted by Crippen LogP contribution is -2.56. The molecule has 24 nitrogen and oxygen atoms in total. The monoisotopic (exact) mass is 1110 g/mol. The topological polar surface area (TPSA) is 332 Å². The predicted octanol–water partition coefficient (Wildman–Crippen LogP) is 2.34. The summed E-state index contributed by atoms with van der Waals surface area (Å²) in [7, 11) is 0. The molecule has 444 valence electrons. The number of cyclic esters (lactones) is 6. The molecule has 1 heterocycles. The van der Waals surface area contributed by atoms with Gasteiger partial charge in [0.05, 0.1) is 0 Å². The van der Waals surface area contributed by atoms with E-state index in [-0.39, 0.29) is 0 Å². The highest BCUT2D eigenvalue weighted by atomic mass is 16.6. The van der Waals surface area contributed by atoms with Crippen molar-refractivity contribution < 1.29 is 86.0 Å². The number of carbonyl (C=O) groups is 12. The molecular weight excluding hydrogens is 1020 g/mol. The maximum absolute atomic E-state index is 13.9. The van der Waals surface area contributed by atoms with Crippen LogP contribution in [0.5, 0.6) is 0 Å². The lowest BCUT2D eigenvalue weighted by Gasteiger charge is -2.30. The predicted molar refractivity (Wildman–Crippen MR) is 281 cm³/mol. The van der Waals surface area contributed by atoms with E-state index in [9.17, 15) is 57.5 Å². The number of ether oxygens (including phenoxy) is 6. The smallest absolute Gasteiger partial charge is 0.329 e. The van der Waals surface area contributed by atoms with Gasteiger partial charge in [-0.15, -0.1) is 0 Å². The summed E-state index contributed by atoms with van der Waals surface area (Å²) in [6, 6.07) is -8.38. The van der Waals surface area contributed by atoms with Gasteiger partial charge >= 0.3 is 35.8 Å². The molecule has 1 saturated heterocycles. The fourth-order valence-electron chi connectivity index (χ4n) is 7.48. The van der Waals surface area contributed by atoms with Gasteiger partial charge in [0.2, 0.25) is 0 Å². The van der Waals surface area contributed by atoms with E-state index >= 15 is 0 Å². The average Bonchev–Trinajstić information content (AvgIpc) is 3.31. The SMILES string of the molecule is CC(C)[C@@H]1NC(=O)[C@@H](C(C)C)OC(=O)[C@@H](C(C)C)NC(=O)[C@@H](C)OC(=O)[C@@H](C(C)C)NC(=O)[C@H](C(C)C)OC(=O)[C@@H](C(C)C)NC(=O)[C@H](C)OC(=O)[C@@H](C(C)C)NC(=O)[C@H](C(C)C)OC(=O)[C@@H](C(C)C)NC(=O)[C@@H](C)OC1=O. The van der Waals surface area contributed by atoms with Crippen molar-refractivity contribution in [2.75, 3.05) is 0 Å². The van der Waals surface area contributed by atoms with Crippen molar-refractivity contribution in [1.29, 1.82) is 0 Å². The highest BCUT2D eigenvalue weighted by Gasteiger charge is 2.42. The second-order valence-corrected chi connectivity index (χ2v) is 22.9. The third-order valence-corrected chi connectivity index (χ3v) is 12.6. The molecule has 0 unspecified atom stereocenters. The molecule has 0 saturated carbocycles. The quantitative estimate of drug-likeness (QED) is 0.143. The van der Waals surface area contributed by atoms with Gasteiger partial charge < -0.3 is 60.3 Å². The molecule has 0 aliphatic carbocycles. The van der Waals surface area contributed by atoms with Gasteiger partial charge in [0.1, 0.15) is 36.3 Å². The van der Waals surface area contributed by atoms with E-state index in [4.69, 9.17) is 28.4 Å². The Bertz CT molecular complexity index is 1890. The molecule has 6 N–H and O–H groups in total. The van der Waals surface area contributed by atoms with Crippen LogP contribution in [0.4, 0.5) is 0 Å². The van der Waals surface area contributed by atoms with Crippen molar-refractivity contribution in [1.82, 2.24) is 31.9 Å². The Morgan fingerprint density at radius 1 is 0.231 bits per heavy atom. The highest BCUT2D eigenvalue weighted by molar-refractivity contribution is 5.96. The van der Waals surface area contributed by atoms with E-state index in [1.165, 1.54) is 20.8 Å². The minimum atomic E-state index is -1.55. The van der Waals surface area contributed by atoms with Crippen molar-refractivity contribution in [2.24, 2.45) is 53.3 Å². The Labute approximate surface area is 459 Å². The summed E-state index contributed by atoms with van der Waals surface area (Å²) in [6.07, 6.45) is -9.25. The standard InChI is InChI=1S/C54H90N6O18/c1-22(2)34-49(67)73-31(19)43(61)55-38(26(9)10)53(71)77-41(29(15)16)47(65)59-36(24(5)6)51(69)75-33(21)45(63)57-39(27(11)12)54(72)78-42(30(17)18)48(66)60-35(23(3)4)50(68)74-32(20)44(62)56-37(25(7)8)52(70)76-40(28(13)14)46(64)58-34/h22-42H,1-21H3,(H,55,61)(H,56,62)(H,57,63)(H,58,64)(H,59,65)(H,60,66)/t31-,32-,33+,34+,35-,36-,37-,38-,39-,40-,41+,42+/m1/s1. The molecule has 1 aliphatic heterocycles. The van der Waals surface area contributed by atoms with E-state index in [2.05, 4.69) is 31.9 Å². The Morgan fingerprint density at radius 2 is 0.372 bits per heavy atom. The molecule has 24 heteroatoms. The van der Waals surface area contributed by atoms with Crippen LogP contribution in [0.1, 0.15) is 145 Å². The molecule has 0 radical (unpaired) electrons. The van der Waals surface area contributed by atoms with Crippen LogP contribution in [-0.4, -0.2) is 144 Å². The number of esters is 6. The van der Waals surface area contributed by atoms with E-state index in [0.717, 1.165) is 0 Å². The molecule has 0 aromatic heterocycles. The maximum atomic E-state index is 13.9. The number of hydrogen-bond donors (Lipinski definition) is 6. The van der Waals surface area contributed by atoms with Crippen LogP contribution in [0, 0.1) is 53.3 Å². The summed E-state index contributed by atoms with van der Waals surface area (Å²) < 4.78 is 33.5. The second kappa shape index (κ2) is 31.3. The van der Waals surface area contributed by atoms with Crippen LogP contribution >= 0.6 is 0 Å². The summed E-state index contributed by atoms with van der Waals surface area (Å²) in [4.78, 5) is 165. The molecule has 0 spiro atoms. The second-order valence-electron chi connectivity index (χ2n) is 22.9. The number of rotatable bonds is 9. The summed E-state index contributed by atoms with van der Waals surface area (Å²) in [5.74, 6) is -17.8. The first kappa shape index (κ1) is 69.7. The van der Waals surface area contributed by atoms with Gasteiger partial charge in [-0.2, -0.15) is 0 Å². The molecule has 0 bridgehead atoms. The molecule has 6 amide bonds. The van der Waals surface area contributed by atoms with Gasteiger partial charge in [-0.25, -0.2) is 28.8 Å². The summed E-state index contributed by atoms with van der Waals surface area (Å²) in [5, 5.41) is 15.1. The van der Waals surface area contributed by atoms with Crippen molar-refractivity contribution >= 4 is 71.3 Å². The van der Waals surface area contributed by atoms with Crippen LogP contribution in [0.25, 0.3) is 0 Å². The Kier molecular flexibility index (Phi) is 27.9. The van der Waals surface area contributed by atoms with Crippen LogP contribution in [-0.2, 0) is 86.0 Å². The van der Waals surface area contributed by atoms with Gasteiger partial charge in [-0.05, 0) is 74.0 Å². The molecule has 0 aromatic rings. The van der Waals surface area contributed by atoms with Crippen molar-refractivity contribution in [3.05, 3.63) is 0 Å². The molecule has 78 heavy (non-hydrogen) atoms. The van der Waals surface area contributed by atoms with Gasteiger partial charge in [-0.1, -0.05) is 125 Å². The third-order valence-electron chi connectivity index (χ3n) is 12.6. The number of carbonyl (C=O) groups excluding carboxylic acids is 12. The van der Waals surface area contributed by atoms with E-state index in [0.29, 0.717) is 0 Å². The normalized spacial score (nSPS) is 28.8. The van der Waals surface area contributed by atoms with Crippen LogP contribution in [0.2, 0.25) is 0 Å². The molecular formula is C54H90N6O18. The molecule has 1 aliphatic rings. The van der Waals surface area contributed by atoms with Gasteiger partial charge in [0, 0.05) is 0 Å². The molecule has 0 aromatic carbocycles. The first-order chi connectivity index (χ1) is 35.9. The van der Waals surface area contributed by atoms with Crippen LogP contribution < -0.4 is 31.9 Å². The zero-order valence-corrected chi connectivity index (χ0v) is 49.5. The minimum absolute atomic E-state index is 0.647. The Morgan fingerprint density at radius 3 is 0.513 bits per heavy atom. The minimum Gasteiger partial charge on any atom is -0.451 e. The van der Waals surface area contributed by atoms with E-state index in [1.807, 2.05) is 0 Å². The van der Waals surface area contributed by atoms with Gasteiger partial charge in [-0.3, -0.25) is 28.8 Å². The summed E-state index contributed by atoms with van der Waals surface area (Å²) >= 11 is 0. The summed E-state index contributed by atoms with van der Waals surface area (Å²) in [5.41, 5.74) is 0. The number of hydrogen-bond acceptors (Lipinski definition) is 18. The largest absolute Gasteiger partial charge is 0.451 e. The van der Waals surface area contributed by atoms with Gasteiger partial charge in [0.15, 0.2) is 36.6 Å². The molecule has 1 fully saturated rings. The average molecular weight is 1110 g/mol. The lowest BCUT2D eigenvalue weighted by atomic mass is 10.0. The van der Waals surface area contributed by atoms with Crippen molar-refractivity contribution in [2.45, 2.75) is 218 Å². The van der Waals surface area contributed by atoms with Crippen LogP contribution in [0.3, 0.4) is 0 Å². The van der Waals surface area contributed by atoms with E-state index < -0.39 is 197 Å².